The van der Waals surface area contributed by atoms with E-state index in [1.54, 1.807) is 0 Å². The summed E-state index contributed by atoms with van der Waals surface area (Å²) in [6.45, 7) is 0. The molecule has 0 radical (unpaired) electrons. The Kier molecular flexibility index (Phi) is 4.22. The minimum absolute atomic E-state index is 0.465. The van der Waals surface area contributed by atoms with Crippen LogP contribution in [0.1, 0.15) is 16.7 Å². The maximum atomic E-state index is 6.15. The van der Waals surface area contributed by atoms with E-state index in [0.717, 1.165) is 33.8 Å². The molecule has 0 amide bonds. The predicted molar refractivity (Wildman–Crippen MR) is 110 cm³/mol. The third-order valence-electron chi connectivity index (χ3n) is 4.73. The zero-order chi connectivity index (χ0) is 18.8. The summed E-state index contributed by atoms with van der Waals surface area (Å²) < 4.78 is 12.1. The number of rotatable bonds is 3. The van der Waals surface area contributed by atoms with Crippen molar-refractivity contribution in [2.24, 2.45) is 10.2 Å². The fraction of sp³-hybridized carbons (Fsp3) is 0.0833. The lowest BCUT2D eigenvalue weighted by Crippen LogP contribution is -2.21. The fourth-order valence-corrected chi connectivity index (χ4v) is 3.34. The lowest BCUT2D eigenvalue weighted by Gasteiger charge is -2.24. The largest absolute Gasteiger partial charge is 0.463 e. The van der Waals surface area contributed by atoms with Crippen LogP contribution in [0.4, 0.5) is 0 Å². The summed E-state index contributed by atoms with van der Waals surface area (Å²) in [6, 6.07) is 25.9. The van der Waals surface area contributed by atoms with Crippen molar-refractivity contribution in [1.82, 2.24) is 0 Å². The molecule has 0 spiro atoms. The van der Waals surface area contributed by atoms with Gasteiger partial charge in [-0.05, 0) is 35.9 Å². The van der Waals surface area contributed by atoms with Gasteiger partial charge in [-0.1, -0.05) is 66.7 Å². The molecular weight excluding hydrogens is 348 g/mol. The molecule has 2 aliphatic heterocycles. The van der Waals surface area contributed by atoms with Crippen molar-refractivity contribution < 1.29 is 9.47 Å². The van der Waals surface area contributed by atoms with Crippen molar-refractivity contribution in [3.05, 3.63) is 102 Å². The Bertz CT molecular complexity index is 1090. The van der Waals surface area contributed by atoms with Gasteiger partial charge in [0, 0.05) is 16.7 Å². The van der Waals surface area contributed by atoms with Gasteiger partial charge < -0.3 is 9.47 Å². The van der Waals surface area contributed by atoms with Crippen LogP contribution in [0.25, 0.3) is 17.7 Å². The average molecular weight is 366 g/mol. The van der Waals surface area contributed by atoms with Gasteiger partial charge in [-0.3, -0.25) is 0 Å². The molecule has 136 valence electrons. The number of nitrogens with zero attached hydrogens (tertiary/aromatic N) is 2. The monoisotopic (exact) mass is 366 g/mol. The SMILES string of the molecule is C1=CC(N=NC2Oc3ccccc3C=C2c2ccccc2)Oc2ccccc21. The van der Waals surface area contributed by atoms with Crippen molar-refractivity contribution in [3.63, 3.8) is 0 Å². The Morgan fingerprint density at radius 2 is 1.32 bits per heavy atom. The van der Waals surface area contributed by atoms with E-state index in [0.29, 0.717) is 0 Å². The van der Waals surface area contributed by atoms with E-state index in [2.05, 4.69) is 28.4 Å². The Hall–Kier alpha value is -3.66. The number of ether oxygens (including phenoxy) is 2. The normalized spacial score (nSPS) is 19.9. The van der Waals surface area contributed by atoms with Gasteiger partial charge in [0.25, 0.3) is 0 Å². The number of hydrogen-bond acceptors (Lipinski definition) is 4. The summed E-state index contributed by atoms with van der Waals surface area (Å²) in [4.78, 5) is 0. The third kappa shape index (κ3) is 3.21. The van der Waals surface area contributed by atoms with Gasteiger partial charge in [0.15, 0.2) is 0 Å². The first-order valence-corrected chi connectivity index (χ1v) is 9.23. The van der Waals surface area contributed by atoms with Crippen molar-refractivity contribution >= 4 is 17.7 Å². The molecule has 0 aliphatic carbocycles. The van der Waals surface area contributed by atoms with E-state index in [1.165, 1.54) is 0 Å². The molecule has 0 saturated carbocycles. The highest BCUT2D eigenvalue weighted by atomic mass is 16.5. The van der Waals surface area contributed by atoms with Crippen LogP contribution in [-0.4, -0.2) is 12.5 Å². The second-order valence-electron chi connectivity index (χ2n) is 6.61. The first-order chi connectivity index (χ1) is 13.9. The predicted octanol–water partition coefficient (Wildman–Crippen LogP) is 5.83. The molecule has 28 heavy (non-hydrogen) atoms. The minimum atomic E-state index is -0.522. The van der Waals surface area contributed by atoms with Crippen LogP contribution in [0.3, 0.4) is 0 Å². The highest BCUT2D eigenvalue weighted by Crippen LogP contribution is 2.35. The van der Waals surface area contributed by atoms with E-state index < -0.39 is 12.5 Å². The molecule has 0 aromatic heterocycles. The van der Waals surface area contributed by atoms with Gasteiger partial charge in [-0.15, -0.1) is 10.2 Å². The standard InChI is InChI=1S/C24H18N2O2/c1-2-8-17(9-3-1)20-16-19-11-5-7-13-22(19)28-24(20)26-25-23-15-14-18-10-4-6-12-21(18)27-23/h1-16,23-24H. The average Bonchev–Trinajstić information content (AvgIpc) is 2.77. The summed E-state index contributed by atoms with van der Waals surface area (Å²) in [6.07, 6.45) is 5.03. The molecule has 4 heteroatoms. The highest BCUT2D eigenvalue weighted by molar-refractivity contribution is 5.87. The van der Waals surface area contributed by atoms with Crippen LogP contribution in [-0.2, 0) is 0 Å². The fourth-order valence-electron chi connectivity index (χ4n) is 3.34. The van der Waals surface area contributed by atoms with Crippen LogP contribution in [0.5, 0.6) is 11.5 Å². The van der Waals surface area contributed by atoms with Crippen LogP contribution in [0, 0.1) is 0 Å². The van der Waals surface area contributed by atoms with E-state index >= 15 is 0 Å². The van der Waals surface area contributed by atoms with Crippen LogP contribution in [0.15, 0.2) is 95.2 Å². The Labute approximate surface area is 163 Å². The van der Waals surface area contributed by atoms with Crippen LogP contribution in [0.2, 0.25) is 0 Å². The summed E-state index contributed by atoms with van der Waals surface area (Å²) >= 11 is 0. The molecule has 2 atom stereocenters. The summed E-state index contributed by atoms with van der Waals surface area (Å²) in [5.41, 5.74) is 4.12. The van der Waals surface area contributed by atoms with Gasteiger partial charge in [0.1, 0.15) is 11.5 Å². The Balaban J connectivity index is 1.45. The molecule has 0 saturated heterocycles. The molecular formula is C24H18N2O2. The Morgan fingerprint density at radius 1 is 0.643 bits per heavy atom. The zero-order valence-corrected chi connectivity index (χ0v) is 15.1. The van der Waals surface area contributed by atoms with Gasteiger partial charge in [-0.2, -0.15) is 0 Å². The molecule has 0 N–H and O–H groups in total. The number of para-hydroxylation sites is 2. The van der Waals surface area contributed by atoms with E-state index in [-0.39, 0.29) is 0 Å². The zero-order valence-electron chi connectivity index (χ0n) is 15.1. The number of hydrogen-bond donors (Lipinski definition) is 0. The molecule has 5 rings (SSSR count). The van der Waals surface area contributed by atoms with Crippen molar-refractivity contribution in [2.75, 3.05) is 0 Å². The molecule has 3 aromatic carbocycles. The molecule has 2 unspecified atom stereocenters. The van der Waals surface area contributed by atoms with Crippen LogP contribution >= 0.6 is 0 Å². The summed E-state index contributed by atoms with van der Waals surface area (Å²) in [7, 11) is 0. The highest BCUT2D eigenvalue weighted by Gasteiger charge is 2.24. The maximum absolute atomic E-state index is 6.15. The lowest BCUT2D eigenvalue weighted by atomic mass is 9.99. The quantitative estimate of drug-likeness (QED) is 0.547. The number of azo groups is 1. The maximum Gasteiger partial charge on any atom is 0.235 e. The van der Waals surface area contributed by atoms with E-state index in [1.807, 2.05) is 78.9 Å². The molecule has 4 nitrogen and oxygen atoms in total. The lowest BCUT2D eigenvalue weighted by molar-refractivity contribution is 0.217. The molecule has 0 bridgehead atoms. The minimum Gasteiger partial charge on any atom is -0.463 e. The molecule has 2 aliphatic rings. The topological polar surface area (TPSA) is 43.2 Å². The van der Waals surface area contributed by atoms with Gasteiger partial charge in [0.2, 0.25) is 12.5 Å². The van der Waals surface area contributed by atoms with Crippen LogP contribution < -0.4 is 9.47 Å². The van der Waals surface area contributed by atoms with Crippen molar-refractivity contribution in [2.45, 2.75) is 12.5 Å². The second-order valence-corrected chi connectivity index (χ2v) is 6.61. The first-order valence-electron chi connectivity index (χ1n) is 9.23. The van der Waals surface area contributed by atoms with E-state index in [9.17, 15) is 0 Å². The molecule has 3 aromatic rings. The van der Waals surface area contributed by atoms with Gasteiger partial charge in [0.05, 0.1) is 0 Å². The molecule has 0 fully saturated rings. The third-order valence-corrected chi connectivity index (χ3v) is 4.73. The first kappa shape index (κ1) is 16.5. The van der Waals surface area contributed by atoms with Crippen molar-refractivity contribution in [3.8, 4) is 11.5 Å². The molecule has 2 heterocycles. The number of benzene rings is 3. The van der Waals surface area contributed by atoms with E-state index in [4.69, 9.17) is 9.47 Å². The second kappa shape index (κ2) is 7.16. The summed E-state index contributed by atoms with van der Waals surface area (Å²) in [5, 5.41) is 8.90. The van der Waals surface area contributed by atoms with Crippen molar-refractivity contribution in [1.29, 1.82) is 0 Å². The smallest absolute Gasteiger partial charge is 0.235 e. The Morgan fingerprint density at radius 3 is 2.14 bits per heavy atom. The summed E-state index contributed by atoms with van der Waals surface area (Å²) in [5.74, 6) is 1.61. The van der Waals surface area contributed by atoms with Gasteiger partial charge in [-0.25, -0.2) is 0 Å². The van der Waals surface area contributed by atoms with Gasteiger partial charge >= 0.3 is 0 Å². The number of fused-ring (bicyclic) bond motifs is 2.